The predicted molar refractivity (Wildman–Crippen MR) is 80.4 cm³/mol. The molecular formula is C14H21FN2O4S. The molecule has 2 unspecified atom stereocenters. The Hall–Kier alpha value is -1.22. The van der Waals surface area contributed by atoms with Crippen molar-refractivity contribution in [3.05, 3.63) is 30.1 Å². The minimum atomic E-state index is -3.56. The van der Waals surface area contributed by atoms with E-state index in [1.807, 2.05) is 13.8 Å². The number of nitrogens with one attached hydrogen (secondary N) is 1. The highest BCUT2D eigenvalue weighted by Crippen LogP contribution is 2.14. The molecule has 1 aromatic carbocycles. The molecule has 0 radical (unpaired) electrons. The summed E-state index contributed by atoms with van der Waals surface area (Å²) in [5.74, 6) is -0.0258. The van der Waals surface area contributed by atoms with E-state index < -0.39 is 16.0 Å². The average Bonchev–Trinajstić information content (AvgIpc) is 2.43. The Bertz CT molecular complexity index is 586. The van der Waals surface area contributed by atoms with E-state index in [-0.39, 0.29) is 25.4 Å². The minimum absolute atomic E-state index is 0.110. The van der Waals surface area contributed by atoms with Crippen molar-refractivity contribution in [3.63, 3.8) is 0 Å². The fourth-order valence-corrected chi connectivity index (χ4v) is 3.65. The van der Waals surface area contributed by atoms with Gasteiger partial charge in [0.25, 0.3) is 10.2 Å². The first-order valence-electron chi connectivity index (χ1n) is 7.15. The smallest absolute Gasteiger partial charge is 0.279 e. The Morgan fingerprint density at radius 2 is 2.05 bits per heavy atom. The second-order valence-corrected chi connectivity index (χ2v) is 7.03. The van der Waals surface area contributed by atoms with Gasteiger partial charge in [-0.15, -0.1) is 0 Å². The Balaban J connectivity index is 1.80. The van der Waals surface area contributed by atoms with Gasteiger partial charge in [-0.05, 0) is 26.0 Å². The van der Waals surface area contributed by atoms with Gasteiger partial charge in [0.1, 0.15) is 18.2 Å². The molecule has 0 amide bonds. The number of rotatable bonds is 6. The maximum atomic E-state index is 13.0. The second-order valence-electron chi connectivity index (χ2n) is 5.28. The topological polar surface area (TPSA) is 67.9 Å². The molecule has 0 aromatic heterocycles. The molecule has 1 aliphatic heterocycles. The maximum absolute atomic E-state index is 13.0. The van der Waals surface area contributed by atoms with Crippen molar-refractivity contribution in [2.24, 2.45) is 0 Å². The minimum Gasteiger partial charge on any atom is -0.492 e. The average molecular weight is 332 g/mol. The van der Waals surface area contributed by atoms with Gasteiger partial charge < -0.3 is 9.47 Å². The molecule has 6 nitrogen and oxygen atoms in total. The largest absolute Gasteiger partial charge is 0.492 e. The molecule has 22 heavy (non-hydrogen) atoms. The van der Waals surface area contributed by atoms with Gasteiger partial charge in [-0.1, -0.05) is 6.07 Å². The SMILES string of the molecule is CC1CN(S(=O)(=O)NCCOc2cccc(F)c2)CC(C)O1. The van der Waals surface area contributed by atoms with Gasteiger partial charge in [0.05, 0.1) is 12.2 Å². The van der Waals surface area contributed by atoms with Crippen LogP contribution < -0.4 is 9.46 Å². The fraction of sp³-hybridized carbons (Fsp3) is 0.571. The van der Waals surface area contributed by atoms with E-state index in [4.69, 9.17) is 9.47 Å². The molecule has 124 valence electrons. The van der Waals surface area contributed by atoms with Crippen molar-refractivity contribution in [2.45, 2.75) is 26.1 Å². The lowest BCUT2D eigenvalue weighted by Crippen LogP contribution is -2.52. The van der Waals surface area contributed by atoms with Gasteiger partial charge in [-0.25, -0.2) is 4.39 Å². The van der Waals surface area contributed by atoms with Crippen molar-refractivity contribution in [1.82, 2.24) is 9.03 Å². The zero-order valence-electron chi connectivity index (χ0n) is 12.7. The fourth-order valence-electron chi connectivity index (χ4n) is 2.31. The van der Waals surface area contributed by atoms with Gasteiger partial charge >= 0.3 is 0 Å². The Labute approximate surface area is 130 Å². The molecule has 1 fully saturated rings. The van der Waals surface area contributed by atoms with Crippen molar-refractivity contribution in [1.29, 1.82) is 0 Å². The number of hydrogen-bond acceptors (Lipinski definition) is 4. The van der Waals surface area contributed by atoms with Crippen LogP contribution >= 0.6 is 0 Å². The van der Waals surface area contributed by atoms with Crippen LogP contribution in [0.4, 0.5) is 4.39 Å². The van der Waals surface area contributed by atoms with Crippen LogP contribution in [-0.2, 0) is 14.9 Å². The van der Waals surface area contributed by atoms with E-state index >= 15 is 0 Å². The van der Waals surface area contributed by atoms with Crippen molar-refractivity contribution < 1.29 is 22.3 Å². The molecule has 0 saturated carbocycles. The summed E-state index contributed by atoms with van der Waals surface area (Å²) in [6, 6.07) is 5.71. The summed E-state index contributed by atoms with van der Waals surface area (Å²) in [6.45, 7) is 4.56. The van der Waals surface area contributed by atoms with Crippen LogP contribution in [0.5, 0.6) is 5.75 Å². The van der Waals surface area contributed by atoms with Crippen LogP contribution in [-0.4, -0.2) is 51.2 Å². The Morgan fingerprint density at radius 1 is 1.36 bits per heavy atom. The third-order valence-corrected chi connectivity index (χ3v) is 4.72. The molecule has 2 atom stereocenters. The highest BCUT2D eigenvalue weighted by atomic mass is 32.2. The number of benzene rings is 1. The maximum Gasteiger partial charge on any atom is 0.279 e. The molecule has 1 aromatic rings. The molecule has 0 aliphatic carbocycles. The van der Waals surface area contributed by atoms with E-state index in [9.17, 15) is 12.8 Å². The summed E-state index contributed by atoms with van der Waals surface area (Å²) < 4.78 is 52.0. The predicted octanol–water partition coefficient (Wildman–Crippen LogP) is 1.15. The molecule has 1 saturated heterocycles. The second kappa shape index (κ2) is 7.36. The number of hydrogen-bond donors (Lipinski definition) is 1. The van der Waals surface area contributed by atoms with E-state index in [0.29, 0.717) is 18.8 Å². The number of nitrogens with zero attached hydrogens (tertiary/aromatic N) is 1. The van der Waals surface area contributed by atoms with E-state index in [2.05, 4.69) is 4.72 Å². The molecular weight excluding hydrogens is 311 g/mol. The summed E-state index contributed by atoms with van der Waals surface area (Å²) in [5.41, 5.74) is 0. The van der Waals surface area contributed by atoms with Gasteiger partial charge in [-0.2, -0.15) is 17.4 Å². The first-order chi connectivity index (χ1) is 10.4. The van der Waals surface area contributed by atoms with Gasteiger partial charge in [0, 0.05) is 25.7 Å². The van der Waals surface area contributed by atoms with Crippen LogP contribution in [0.25, 0.3) is 0 Å². The summed E-state index contributed by atoms with van der Waals surface area (Å²) >= 11 is 0. The standard InChI is InChI=1S/C14H21FN2O4S/c1-11-9-17(10-12(2)21-11)22(18,19)16-6-7-20-14-5-3-4-13(15)8-14/h3-5,8,11-12,16H,6-7,9-10H2,1-2H3. The molecule has 1 aliphatic rings. The van der Waals surface area contributed by atoms with E-state index in [1.54, 1.807) is 6.07 Å². The van der Waals surface area contributed by atoms with E-state index in [1.165, 1.54) is 22.5 Å². The lowest BCUT2D eigenvalue weighted by molar-refractivity contribution is -0.0444. The Morgan fingerprint density at radius 3 is 2.68 bits per heavy atom. The molecule has 8 heteroatoms. The van der Waals surface area contributed by atoms with Crippen LogP contribution in [0.2, 0.25) is 0 Å². The third-order valence-electron chi connectivity index (χ3n) is 3.18. The van der Waals surface area contributed by atoms with E-state index in [0.717, 1.165) is 0 Å². The van der Waals surface area contributed by atoms with Crippen LogP contribution in [0.3, 0.4) is 0 Å². The summed E-state index contributed by atoms with van der Waals surface area (Å²) in [7, 11) is -3.56. The first-order valence-corrected chi connectivity index (χ1v) is 8.59. The highest BCUT2D eigenvalue weighted by Gasteiger charge is 2.30. The number of ether oxygens (including phenoxy) is 2. The zero-order valence-corrected chi connectivity index (χ0v) is 13.5. The zero-order chi connectivity index (χ0) is 16.2. The lowest BCUT2D eigenvalue weighted by atomic mass is 10.3. The quantitative estimate of drug-likeness (QED) is 0.794. The Kier molecular flexibility index (Phi) is 5.74. The van der Waals surface area contributed by atoms with Crippen LogP contribution in [0, 0.1) is 5.82 Å². The number of halogens is 1. The van der Waals surface area contributed by atoms with Gasteiger partial charge in [-0.3, -0.25) is 0 Å². The number of morpholine rings is 1. The lowest BCUT2D eigenvalue weighted by Gasteiger charge is -2.34. The molecule has 1 N–H and O–H groups in total. The van der Waals surface area contributed by atoms with Crippen molar-refractivity contribution >= 4 is 10.2 Å². The van der Waals surface area contributed by atoms with Gasteiger partial charge in [0.15, 0.2) is 0 Å². The van der Waals surface area contributed by atoms with Crippen molar-refractivity contribution in [3.8, 4) is 5.75 Å². The summed E-state index contributed by atoms with van der Waals surface area (Å²) in [5, 5.41) is 0. The van der Waals surface area contributed by atoms with Gasteiger partial charge in [0.2, 0.25) is 0 Å². The molecule has 1 heterocycles. The van der Waals surface area contributed by atoms with Crippen LogP contribution in [0.1, 0.15) is 13.8 Å². The molecule has 0 bridgehead atoms. The molecule has 0 spiro atoms. The summed E-state index contributed by atoms with van der Waals surface area (Å²) in [4.78, 5) is 0. The monoisotopic (exact) mass is 332 g/mol. The normalized spacial score (nSPS) is 23.4. The molecule has 2 rings (SSSR count). The third kappa shape index (κ3) is 4.91. The van der Waals surface area contributed by atoms with Crippen LogP contribution in [0.15, 0.2) is 24.3 Å². The van der Waals surface area contributed by atoms with Crippen molar-refractivity contribution in [2.75, 3.05) is 26.2 Å². The highest BCUT2D eigenvalue weighted by molar-refractivity contribution is 7.87. The first kappa shape index (κ1) is 17.1. The summed E-state index contributed by atoms with van der Waals surface area (Å²) in [6.07, 6.45) is -0.271.